The second-order valence-corrected chi connectivity index (χ2v) is 3.49. The van der Waals surface area contributed by atoms with Gasteiger partial charge in [0.1, 0.15) is 0 Å². The van der Waals surface area contributed by atoms with Gasteiger partial charge in [0.25, 0.3) is 0 Å². The van der Waals surface area contributed by atoms with Gasteiger partial charge in [-0.2, -0.15) is 0 Å². The van der Waals surface area contributed by atoms with Gasteiger partial charge < -0.3 is 16.0 Å². The van der Waals surface area contributed by atoms with Gasteiger partial charge in [0, 0.05) is 6.54 Å². The first-order valence-electron chi connectivity index (χ1n) is 5.34. The Morgan fingerprint density at radius 1 is 1.50 bits per heavy atom. The average molecular weight is 201 g/mol. The third-order valence-electron chi connectivity index (χ3n) is 2.41. The maximum absolute atomic E-state index is 11.0. The summed E-state index contributed by atoms with van der Waals surface area (Å²) in [6, 6.07) is -0.230. The van der Waals surface area contributed by atoms with Gasteiger partial charge in [0.2, 0.25) is 5.91 Å². The quantitative estimate of drug-likeness (QED) is 0.589. The van der Waals surface area contributed by atoms with Gasteiger partial charge in [-0.25, -0.2) is 0 Å². The Hall–Kier alpha value is -0.610. The van der Waals surface area contributed by atoms with Gasteiger partial charge in [0.05, 0.1) is 6.04 Å². The Balaban J connectivity index is 3.94. The lowest BCUT2D eigenvalue weighted by Crippen LogP contribution is -2.47. The minimum atomic E-state index is -0.276. The molecule has 4 heteroatoms. The van der Waals surface area contributed by atoms with Crippen LogP contribution in [0.1, 0.15) is 26.7 Å². The number of rotatable bonds is 8. The molecular weight excluding hydrogens is 178 g/mol. The summed E-state index contributed by atoms with van der Waals surface area (Å²) in [6.07, 6.45) is 2.35. The Bertz CT molecular complexity index is 161. The van der Waals surface area contributed by atoms with Crippen molar-refractivity contribution in [3.63, 3.8) is 0 Å². The molecule has 0 aliphatic heterocycles. The molecule has 0 radical (unpaired) electrons. The number of unbranched alkanes of at least 4 members (excludes halogenated alkanes) is 1. The molecule has 0 heterocycles. The van der Waals surface area contributed by atoms with Crippen LogP contribution in [-0.2, 0) is 4.79 Å². The molecule has 3 N–H and O–H groups in total. The largest absolute Gasteiger partial charge is 0.368 e. The molecule has 0 aromatic rings. The summed E-state index contributed by atoms with van der Waals surface area (Å²) in [5, 5.41) is 2.93. The molecule has 14 heavy (non-hydrogen) atoms. The van der Waals surface area contributed by atoms with Gasteiger partial charge in [0.15, 0.2) is 0 Å². The summed E-state index contributed by atoms with van der Waals surface area (Å²) in [7, 11) is 1.77. The Morgan fingerprint density at radius 3 is 2.50 bits per heavy atom. The smallest absolute Gasteiger partial charge is 0.235 e. The maximum Gasteiger partial charge on any atom is 0.235 e. The van der Waals surface area contributed by atoms with Crippen LogP contribution in [0.15, 0.2) is 0 Å². The summed E-state index contributed by atoms with van der Waals surface area (Å²) >= 11 is 0. The van der Waals surface area contributed by atoms with Crippen LogP contribution < -0.4 is 11.1 Å². The molecule has 1 atom stereocenters. The molecule has 0 aromatic carbocycles. The number of carbonyl (C=O) groups excluding carboxylic acids is 1. The minimum absolute atomic E-state index is 0.230. The van der Waals surface area contributed by atoms with Gasteiger partial charge >= 0.3 is 0 Å². The lowest BCUT2D eigenvalue weighted by molar-refractivity contribution is -0.120. The standard InChI is InChI=1S/C10H23N3O/c1-4-6-7-13(5-2)8-9(12-3)10(11)14/h9,12H,4-8H2,1-3H3,(H2,11,14). The molecule has 0 bridgehead atoms. The fourth-order valence-electron chi connectivity index (χ4n) is 1.34. The van der Waals surface area contributed by atoms with Crippen molar-refractivity contribution in [1.29, 1.82) is 0 Å². The zero-order valence-corrected chi connectivity index (χ0v) is 9.55. The van der Waals surface area contributed by atoms with Crippen molar-refractivity contribution in [1.82, 2.24) is 10.2 Å². The highest BCUT2D eigenvalue weighted by Crippen LogP contribution is 1.96. The highest BCUT2D eigenvalue weighted by Gasteiger charge is 2.15. The third-order valence-corrected chi connectivity index (χ3v) is 2.41. The van der Waals surface area contributed by atoms with Crippen LogP contribution in [0.5, 0.6) is 0 Å². The van der Waals surface area contributed by atoms with E-state index in [-0.39, 0.29) is 11.9 Å². The van der Waals surface area contributed by atoms with Crippen LogP contribution in [-0.4, -0.2) is 43.5 Å². The SMILES string of the molecule is CCCCN(CC)CC(NC)C(N)=O. The van der Waals surface area contributed by atoms with E-state index in [2.05, 4.69) is 24.1 Å². The number of primary amides is 1. The first kappa shape index (κ1) is 13.4. The molecule has 1 amide bonds. The molecule has 0 spiro atoms. The molecule has 4 nitrogen and oxygen atoms in total. The second kappa shape index (κ2) is 7.76. The van der Waals surface area contributed by atoms with Crippen LogP contribution in [0.4, 0.5) is 0 Å². The van der Waals surface area contributed by atoms with E-state index >= 15 is 0 Å². The van der Waals surface area contributed by atoms with E-state index in [0.717, 1.165) is 13.1 Å². The predicted octanol–water partition coefficient (Wildman–Crippen LogP) is 0.182. The van der Waals surface area contributed by atoms with Gasteiger partial charge in [-0.05, 0) is 26.6 Å². The second-order valence-electron chi connectivity index (χ2n) is 3.49. The number of carbonyl (C=O) groups is 1. The van der Waals surface area contributed by atoms with Gasteiger partial charge in [-0.15, -0.1) is 0 Å². The van der Waals surface area contributed by atoms with Crippen molar-refractivity contribution in [3.8, 4) is 0 Å². The fourth-order valence-corrected chi connectivity index (χ4v) is 1.34. The van der Waals surface area contributed by atoms with E-state index < -0.39 is 0 Å². The zero-order valence-electron chi connectivity index (χ0n) is 9.55. The third kappa shape index (κ3) is 5.19. The van der Waals surface area contributed by atoms with E-state index in [0.29, 0.717) is 6.54 Å². The lowest BCUT2D eigenvalue weighted by Gasteiger charge is -2.24. The molecule has 0 fully saturated rings. The first-order chi connectivity index (χ1) is 6.65. The molecule has 0 aliphatic carbocycles. The number of nitrogens with one attached hydrogen (secondary N) is 1. The minimum Gasteiger partial charge on any atom is -0.368 e. The van der Waals surface area contributed by atoms with Crippen molar-refractivity contribution in [2.75, 3.05) is 26.7 Å². The molecule has 0 aliphatic rings. The molecule has 0 saturated heterocycles. The van der Waals surface area contributed by atoms with E-state index in [4.69, 9.17) is 5.73 Å². The highest BCUT2D eigenvalue weighted by atomic mass is 16.1. The van der Waals surface area contributed by atoms with Crippen molar-refractivity contribution < 1.29 is 4.79 Å². The van der Waals surface area contributed by atoms with Crippen molar-refractivity contribution in [2.24, 2.45) is 5.73 Å². The number of nitrogens with zero attached hydrogens (tertiary/aromatic N) is 1. The number of hydrogen-bond acceptors (Lipinski definition) is 3. The van der Waals surface area contributed by atoms with Crippen molar-refractivity contribution in [2.45, 2.75) is 32.7 Å². The average Bonchev–Trinajstić information content (AvgIpc) is 2.18. The summed E-state index contributed by atoms with van der Waals surface area (Å²) in [6.45, 7) is 6.98. The summed E-state index contributed by atoms with van der Waals surface area (Å²) in [5.41, 5.74) is 5.25. The van der Waals surface area contributed by atoms with Gasteiger partial charge in [-0.3, -0.25) is 4.79 Å². The first-order valence-corrected chi connectivity index (χ1v) is 5.34. The Labute approximate surface area is 86.8 Å². The van der Waals surface area contributed by atoms with Crippen LogP contribution in [0, 0.1) is 0 Å². The van der Waals surface area contributed by atoms with Gasteiger partial charge in [-0.1, -0.05) is 20.3 Å². The number of likely N-dealkylation sites (N-methyl/N-ethyl adjacent to an activating group) is 2. The molecule has 84 valence electrons. The normalized spacial score (nSPS) is 13.1. The van der Waals surface area contributed by atoms with Crippen LogP contribution in [0.25, 0.3) is 0 Å². The Kier molecular flexibility index (Phi) is 7.42. The number of amides is 1. The molecule has 0 aromatic heterocycles. The fraction of sp³-hybridized carbons (Fsp3) is 0.900. The topological polar surface area (TPSA) is 58.4 Å². The highest BCUT2D eigenvalue weighted by molar-refractivity contribution is 5.80. The zero-order chi connectivity index (χ0) is 11.0. The molecule has 0 rings (SSSR count). The predicted molar refractivity (Wildman–Crippen MR) is 59.1 cm³/mol. The molecular formula is C10H23N3O. The number of nitrogens with two attached hydrogens (primary N) is 1. The van der Waals surface area contributed by atoms with E-state index in [1.807, 2.05) is 0 Å². The van der Waals surface area contributed by atoms with E-state index in [1.165, 1.54) is 12.8 Å². The summed E-state index contributed by atoms with van der Waals surface area (Å²) in [4.78, 5) is 13.2. The maximum atomic E-state index is 11.0. The van der Waals surface area contributed by atoms with Crippen LogP contribution >= 0.6 is 0 Å². The van der Waals surface area contributed by atoms with E-state index in [9.17, 15) is 4.79 Å². The van der Waals surface area contributed by atoms with Crippen molar-refractivity contribution in [3.05, 3.63) is 0 Å². The molecule has 0 saturated carbocycles. The van der Waals surface area contributed by atoms with Crippen LogP contribution in [0.2, 0.25) is 0 Å². The van der Waals surface area contributed by atoms with Crippen molar-refractivity contribution >= 4 is 5.91 Å². The summed E-state index contributed by atoms with van der Waals surface area (Å²) in [5.74, 6) is -0.276. The Morgan fingerprint density at radius 2 is 2.14 bits per heavy atom. The number of hydrogen-bond donors (Lipinski definition) is 2. The summed E-state index contributed by atoms with van der Waals surface area (Å²) < 4.78 is 0. The van der Waals surface area contributed by atoms with Crippen LogP contribution in [0.3, 0.4) is 0 Å². The molecule has 1 unspecified atom stereocenters. The monoisotopic (exact) mass is 201 g/mol. The lowest BCUT2D eigenvalue weighted by atomic mass is 10.2. The van der Waals surface area contributed by atoms with E-state index in [1.54, 1.807) is 7.05 Å².